The Morgan fingerprint density at radius 2 is 1.72 bits per heavy atom. The normalized spacial score (nSPS) is 17.1. The number of nitrogens with zero attached hydrogens (tertiary/aromatic N) is 2. The maximum Gasteiger partial charge on any atom is 0.301 e. The number of carbonyl (C=O) groups excluding carboxylic acids is 2. The van der Waals surface area contributed by atoms with E-state index in [1.54, 1.807) is 43.5 Å². The number of aliphatic hydroxyl groups excluding tert-OH is 1. The van der Waals surface area contributed by atoms with Gasteiger partial charge in [-0.1, -0.05) is 53.3 Å². The monoisotopic (exact) mass is 500 g/mol. The Balaban J connectivity index is 1.68. The number of ether oxygens (including phenoxy) is 2. The van der Waals surface area contributed by atoms with Crippen molar-refractivity contribution in [1.82, 2.24) is 4.98 Å². The van der Waals surface area contributed by atoms with Crippen LogP contribution in [0.3, 0.4) is 0 Å². The molecule has 1 aromatic heterocycles. The lowest BCUT2D eigenvalue weighted by atomic mass is 9.95. The van der Waals surface area contributed by atoms with E-state index in [-0.39, 0.29) is 11.3 Å². The molecule has 5 rings (SSSR count). The van der Waals surface area contributed by atoms with Gasteiger partial charge in [0, 0.05) is 5.56 Å². The first-order chi connectivity index (χ1) is 17.4. The highest BCUT2D eigenvalue weighted by Gasteiger charge is 2.48. The average Bonchev–Trinajstić information content (AvgIpc) is 3.42. The summed E-state index contributed by atoms with van der Waals surface area (Å²) in [6, 6.07) is 18.9. The number of ketones is 1. The molecular weight excluding hydrogens is 476 g/mol. The van der Waals surface area contributed by atoms with Crippen molar-refractivity contribution < 1.29 is 24.2 Å². The summed E-state index contributed by atoms with van der Waals surface area (Å²) < 4.78 is 11.7. The fraction of sp³-hybridized carbons (Fsp3) is 0.179. The standard InChI is InChI=1S/C28H24N2O5S/c1-4-35-20-13-14-21-22(15-20)36-28(29-21)30-24(17-9-11-19(34-3)12-10-17)23(26(32)27(30)33)25(31)18-7-5-16(2)6-8-18/h5-15,24,31H,4H2,1-3H3/b25-23+/t24-/m0/s1. The number of amides is 1. The molecule has 1 aliphatic rings. The van der Waals surface area contributed by atoms with Crippen LogP contribution in [0, 0.1) is 6.92 Å². The van der Waals surface area contributed by atoms with E-state index in [0.717, 1.165) is 10.3 Å². The number of carbonyl (C=O) groups is 2. The number of benzene rings is 3. The topological polar surface area (TPSA) is 89.0 Å². The zero-order chi connectivity index (χ0) is 25.4. The Kier molecular flexibility index (Phi) is 6.20. The maximum atomic E-state index is 13.4. The number of methoxy groups -OCH3 is 1. The average molecular weight is 501 g/mol. The van der Waals surface area contributed by atoms with Gasteiger partial charge in [-0.3, -0.25) is 14.5 Å². The van der Waals surface area contributed by atoms with Crippen LogP contribution in [0.2, 0.25) is 0 Å². The highest BCUT2D eigenvalue weighted by Crippen LogP contribution is 2.44. The molecule has 8 heteroatoms. The van der Waals surface area contributed by atoms with Crippen LogP contribution in [-0.2, 0) is 9.59 Å². The third-order valence-electron chi connectivity index (χ3n) is 6.07. The molecule has 0 aliphatic carbocycles. The number of aliphatic hydroxyl groups is 1. The van der Waals surface area contributed by atoms with Crippen LogP contribution >= 0.6 is 11.3 Å². The molecule has 0 saturated carbocycles. The second kappa shape index (κ2) is 9.47. The Morgan fingerprint density at radius 3 is 2.39 bits per heavy atom. The number of aryl methyl sites for hydroxylation is 1. The van der Waals surface area contributed by atoms with Gasteiger partial charge in [0.25, 0.3) is 5.78 Å². The number of fused-ring (bicyclic) bond motifs is 1. The minimum absolute atomic E-state index is 0.0169. The number of rotatable bonds is 6. The summed E-state index contributed by atoms with van der Waals surface area (Å²) in [4.78, 5) is 32.8. The van der Waals surface area contributed by atoms with Crippen LogP contribution in [0.1, 0.15) is 29.7 Å². The van der Waals surface area contributed by atoms with E-state index in [0.29, 0.717) is 39.9 Å². The molecule has 1 atom stereocenters. The van der Waals surface area contributed by atoms with Crippen LogP contribution in [0.4, 0.5) is 5.13 Å². The van der Waals surface area contributed by atoms with Crippen LogP contribution in [0.15, 0.2) is 72.3 Å². The highest BCUT2D eigenvalue weighted by atomic mass is 32.1. The summed E-state index contributed by atoms with van der Waals surface area (Å²) in [5.74, 6) is -0.390. The van der Waals surface area contributed by atoms with Gasteiger partial charge in [0.1, 0.15) is 17.3 Å². The first-order valence-electron chi connectivity index (χ1n) is 11.5. The first-order valence-corrected chi connectivity index (χ1v) is 12.3. The first kappa shape index (κ1) is 23.6. The van der Waals surface area contributed by atoms with Crippen molar-refractivity contribution in [2.24, 2.45) is 0 Å². The van der Waals surface area contributed by atoms with Crippen molar-refractivity contribution in [3.05, 3.63) is 89.0 Å². The Morgan fingerprint density at radius 1 is 1.03 bits per heavy atom. The highest BCUT2D eigenvalue weighted by molar-refractivity contribution is 7.22. The van der Waals surface area contributed by atoms with E-state index in [1.807, 2.05) is 44.2 Å². The molecule has 4 aromatic rings. The largest absolute Gasteiger partial charge is 0.507 e. The van der Waals surface area contributed by atoms with Crippen LogP contribution in [-0.4, -0.2) is 35.5 Å². The molecule has 0 bridgehead atoms. The predicted octanol–water partition coefficient (Wildman–Crippen LogP) is 5.64. The van der Waals surface area contributed by atoms with E-state index in [9.17, 15) is 14.7 Å². The van der Waals surface area contributed by atoms with E-state index >= 15 is 0 Å². The van der Waals surface area contributed by atoms with Gasteiger partial charge in [0.15, 0.2) is 5.13 Å². The SMILES string of the molecule is CCOc1ccc2nc(N3C(=O)C(=O)/C(=C(/O)c4ccc(C)cc4)[C@@H]3c3ccc(OC)cc3)sc2c1. The Hall–Kier alpha value is -4.17. The Bertz CT molecular complexity index is 1490. The van der Waals surface area contributed by atoms with Crippen LogP contribution in [0.5, 0.6) is 11.5 Å². The van der Waals surface area contributed by atoms with E-state index < -0.39 is 17.7 Å². The van der Waals surface area contributed by atoms with Crippen LogP contribution < -0.4 is 14.4 Å². The predicted molar refractivity (Wildman–Crippen MR) is 140 cm³/mol. The van der Waals surface area contributed by atoms with Crippen molar-refractivity contribution in [3.63, 3.8) is 0 Å². The minimum atomic E-state index is -0.857. The smallest absolute Gasteiger partial charge is 0.301 e. The number of thiazole rings is 1. The van der Waals surface area contributed by atoms with Gasteiger partial charge in [-0.25, -0.2) is 4.98 Å². The molecule has 1 saturated heterocycles. The van der Waals surface area contributed by atoms with Gasteiger partial charge in [0.2, 0.25) is 0 Å². The van der Waals surface area contributed by atoms with Gasteiger partial charge in [-0.15, -0.1) is 0 Å². The third kappa shape index (κ3) is 4.09. The van der Waals surface area contributed by atoms with E-state index in [4.69, 9.17) is 9.47 Å². The van der Waals surface area contributed by atoms with Gasteiger partial charge in [-0.2, -0.15) is 0 Å². The number of aromatic nitrogens is 1. The summed E-state index contributed by atoms with van der Waals surface area (Å²) in [6.45, 7) is 4.37. The van der Waals surface area contributed by atoms with Gasteiger partial charge in [0.05, 0.1) is 35.5 Å². The second-order valence-electron chi connectivity index (χ2n) is 8.37. The van der Waals surface area contributed by atoms with Gasteiger partial charge < -0.3 is 14.6 Å². The van der Waals surface area contributed by atoms with Crippen molar-refractivity contribution in [1.29, 1.82) is 0 Å². The molecule has 36 heavy (non-hydrogen) atoms. The molecule has 7 nitrogen and oxygen atoms in total. The minimum Gasteiger partial charge on any atom is -0.507 e. The second-order valence-corrected chi connectivity index (χ2v) is 9.38. The summed E-state index contributed by atoms with van der Waals surface area (Å²) >= 11 is 1.29. The van der Waals surface area contributed by atoms with Crippen LogP contribution in [0.25, 0.3) is 16.0 Å². The fourth-order valence-electron chi connectivity index (χ4n) is 4.25. The Labute approximate surface area is 212 Å². The summed E-state index contributed by atoms with van der Waals surface area (Å²) in [5.41, 5.74) is 2.83. The zero-order valence-corrected chi connectivity index (χ0v) is 20.8. The van der Waals surface area contributed by atoms with Gasteiger partial charge >= 0.3 is 5.91 Å². The molecule has 1 N–H and O–H groups in total. The molecule has 1 aliphatic heterocycles. The van der Waals surface area contributed by atoms with E-state index in [2.05, 4.69) is 4.98 Å². The molecule has 0 radical (unpaired) electrons. The lowest BCUT2D eigenvalue weighted by Gasteiger charge is -2.23. The number of hydrogen-bond acceptors (Lipinski definition) is 7. The van der Waals surface area contributed by atoms with Crippen molar-refractivity contribution in [3.8, 4) is 11.5 Å². The molecule has 1 fully saturated rings. The summed E-state index contributed by atoms with van der Waals surface area (Å²) in [6.07, 6.45) is 0. The third-order valence-corrected chi connectivity index (χ3v) is 7.08. The molecule has 2 heterocycles. The molecule has 3 aromatic carbocycles. The quantitative estimate of drug-likeness (QED) is 0.209. The lowest BCUT2D eigenvalue weighted by molar-refractivity contribution is -0.132. The van der Waals surface area contributed by atoms with Crippen molar-refractivity contribution in [2.45, 2.75) is 19.9 Å². The molecule has 1 amide bonds. The number of hydrogen-bond donors (Lipinski definition) is 1. The maximum absolute atomic E-state index is 13.4. The summed E-state index contributed by atoms with van der Waals surface area (Å²) in [7, 11) is 1.57. The lowest BCUT2D eigenvalue weighted by Crippen LogP contribution is -2.29. The van der Waals surface area contributed by atoms with E-state index in [1.165, 1.54) is 16.2 Å². The van der Waals surface area contributed by atoms with Crippen molar-refractivity contribution in [2.75, 3.05) is 18.6 Å². The molecular formula is C28H24N2O5S. The molecule has 182 valence electrons. The number of anilines is 1. The van der Waals surface area contributed by atoms with Gasteiger partial charge in [-0.05, 0) is 49.7 Å². The number of Topliss-reactive ketones (excluding diaryl/α,β-unsaturated/α-hetero) is 1. The molecule has 0 spiro atoms. The fourth-order valence-corrected chi connectivity index (χ4v) is 5.27. The zero-order valence-electron chi connectivity index (χ0n) is 20.0. The summed E-state index contributed by atoms with van der Waals surface area (Å²) in [5, 5.41) is 11.6. The molecule has 0 unspecified atom stereocenters. The van der Waals surface area contributed by atoms with Crippen molar-refractivity contribution >= 4 is 44.1 Å².